The van der Waals surface area contributed by atoms with Gasteiger partial charge in [0.25, 0.3) is 0 Å². The van der Waals surface area contributed by atoms with E-state index in [9.17, 15) is 9.59 Å². The predicted molar refractivity (Wildman–Crippen MR) is 103 cm³/mol. The lowest BCUT2D eigenvalue weighted by Gasteiger charge is -2.27. The quantitative estimate of drug-likeness (QED) is 0.479. The minimum atomic E-state index is -0.548. The molecule has 1 amide bonds. The van der Waals surface area contributed by atoms with Gasteiger partial charge in [0, 0.05) is 13.2 Å². The molecule has 0 aromatic heterocycles. The lowest BCUT2D eigenvalue weighted by molar-refractivity contribution is -0.161. The number of ether oxygens (including phenoxy) is 3. The van der Waals surface area contributed by atoms with E-state index in [1.54, 1.807) is 7.05 Å². The first-order valence-corrected chi connectivity index (χ1v) is 9.19. The first-order valence-electron chi connectivity index (χ1n) is 9.19. The second-order valence-electron chi connectivity index (χ2n) is 7.22. The van der Waals surface area contributed by atoms with E-state index in [0.717, 1.165) is 5.56 Å². The number of likely N-dealkylation sites (N-methyl/N-ethyl adjacent to an activating group) is 1. The van der Waals surface area contributed by atoms with E-state index in [1.807, 2.05) is 58.0 Å². The number of amides is 1. The SMILES string of the molecule is CNC(C(=O)OC(C)(C)C)C(C)OCCCNC(=O)OCc1ccccc1. The fraction of sp³-hybridized carbons (Fsp3) is 0.600. The van der Waals surface area contributed by atoms with Crippen molar-refractivity contribution in [1.82, 2.24) is 10.6 Å². The molecular weight excluding hydrogens is 348 g/mol. The van der Waals surface area contributed by atoms with Gasteiger partial charge >= 0.3 is 12.1 Å². The van der Waals surface area contributed by atoms with Crippen molar-refractivity contribution in [2.24, 2.45) is 0 Å². The summed E-state index contributed by atoms with van der Waals surface area (Å²) in [4.78, 5) is 23.8. The molecular formula is C20H32N2O5. The number of hydrogen-bond donors (Lipinski definition) is 2. The van der Waals surface area contributed by atoms with Crippen molar-refractivity contribution in [3.8, 4) is 0 Å². The summed E-state index contributed by atoms with van der Waals surface area (Å²) in [6, 6.07) is 8.94. The van der Waals surface area contributed by atoms with E-state index in [1.165, 1.54) is 0 Å². The van der Waals surface area contributed by atoms with Crippen LogP contribution in [-0.2, 0) is 25.6 Å². The van der Waals surface area contributed by atoms with Crippen molar-refractivity contribution < 1.29 is 23.8 Å². The molecule has 0 saturated heterocycles. The van der Waals surface area contributed by atoms with Gasteiger partial charge in [0.1, 0.15) is 18.2 Å². The Morgan fingerprint density at radius 1 is 1.15 bits per heavy atom. The van der Waals surface area contributed by atoms with Gasteiger partial charge in [0.15, 0.2) is 0 Å². The van der Waals surface area contributed by atoms with Crippen molar-refractivity contribution in [2.45, 2.75) is 58.5 Å². The number of benzene rings is 1. The molecule has 2 N–H and O–H groups in total. The molecule has 0 aliphatic carbocycles. The van der Waals surface area contributed by atoms with Gasteiger partial charge in [-0.1, -0.05) is 30.3 Å². The maximum absolute atomic E-state index is 12.2. The van der Waals surface area contributed by atoms with Gasteiger partial charge in [-0.2, -0.15) is 0 Å². The van der Waals surface area contributed by atoms with E-state index in [0.29, 0.717) is 19.6 Å². The van der Waals surface area contributed by atoms with Crippen molar-refractivity contribution in [2.75, 3.05) is 20.2 Å². The van der Waals surface area contributed by atoms with Crippen molar-refractivity contribution >= 4 is 12.1 Å². The smallest absolute Gasteiger partial charge is 0.407 e. The molecule has 27 heavy (non-hydrogen) atoms. The fourth-order valence-electron chi connectivity index (χ4n) is 2.31. The van der Waals surface area contributed by atoms with Gasteiger partial charge in [0.2, 0.25) is 0 Å². The topological polar surface area (TPSA) is 85.9 Å². The van der Waals surface area contributed by atoms with Crippen LogP contribution in [0.25, 0.3) is 0 Å². The average Bonchev–Trinajstić information content (AvgIpc) is 2.59. The Labute approximate surface area is 161 Å². The molecule has 0 spiro atoms. The van der Waals surface area contributed by atoms with Crippen LogP contribution in [0.15, 0.2) is 30.3 Å². The molecule has 1 rings (SSSR count). The second kappa shape index (κ2) is 11.6. The third-order valence-electron chi connectivity index (χ3n) is 3.63. The van der Waals surface area contributed by atoms with Crippen molar-refractivity contribution in [3.63, 3.8) is 0 Å². The number of rotatable bonds is 10. The van der Waals surface area contributed by atoms with Crippen LogP contribution >= 0.6 is 0 Å². The van der Waals surface area contributed by atoms with Crippen LogP contribution in [0.1, 0.15) is 39.7 Å². The number of alkyl carbamates (subject to hydrolysis) is 1. The molecule has 7 heteroatoms. The first kappa shape index (κ1) is 22.9. The standard InChI is InChI=1S/C20H32N2O5/c1-15(17(21-5)18(23)27-20(2,3)4)25-13-9-12-22-19(24)26-14-16-10-7-6-8-11-16/h6-8,10-11,15,17,21H,9,12-14H2,1-5H3,(H,22,24). The van der Waals surface area contributed by atoms with Gasteiger partial charge in [0.05, 0.1) is 6.10 Å². The molecule has 0 saturated carbocycles. The first-order chi connectivity index (χ1) is 12.7. The van der Waals surface area contributed by atoms with Gasteiger partial charge in [-0.25, -0.2) is 4.79 Å². The summed E-state index contributed by atoms with van der Waals surface area (Å²) in [7, 11) is 1.69. The van der Waals surface area contributed by atoms with Crippen molar-refractivity contribution in [3.05, 3.63) is 35.9 Å². The van der Waals surface area contributed by atoms with Crippen LogP contribution < -0.4 is 10.6 Å². The van der Waals surface area contributed by atoms with E-state index >= 15 is 0 Å². The van der Waals surface area contributed by atoms with E-state index in [-0.39, 0.29) is 18.7 Å². The molecule has 7 nitrogen and oxygen atoms in total. The number of hydrogen-bond acceptors (Lipinski definition) is 6. The number of carbonyl (C=O) groups is 2. The summed E-state index contributed by atoms with van der Waals surface area (Å²) in [5, 5.41) is 5.60. The number of esters is 1. The summed E-state index contributed by atoms with van der Waals surface area (Å²) in [6.45, 7) is 8.35. The summed E-state index contributed by atoms with van der Waals surface area (Å²) in [5.41, 5.74) is 0.390. The van der Waals surface area contributed by atoms with Crippen LogP contribution in [0.4, 0.5) is 4.79 Å². The van der Waals surface area contributed by atoms with Gasteiger partial charge in [-0.3, -0.25) is 4.79 Å². The van der Waals surface area contributed by atoms with Gasteiger partial charge < -0.3 is 24.8 Å². The van der Waals surface area contributed by atoms with Gasteiger partial charge in [-0.15, -0.1) is 0 Å². The summed E-state index contributed by atoms with van der Waals surface area (Å²) < 4.78 is 16.2. The molecule has 0 fully saturated rings. The lowest BCUT2D eigenvalue weighted by Crippen LogP contribution is -2.47. The van der Waals surface area contributed by atoms with E-state index in [2.05, 4.69) is 10.6 Å². The molecule has 0 radical (unpaired) electrons. The molecule has 1 aromatic rings. The highest BCUT2D eigenvalue weighted by molar-refractivity contribution is 5.76. The second-order valence-corrected chi connectivity index (χ2v) is 7.22. The zero-order chi connectivity index (χ0) is 20.3. The summed E-state index contributed by atoms with van der Waals surface area (Å²) in [6.07, 6.45) is -0.209. The molecule has 0 heterocycles. The predicted octanol–water partition coefficient (Wildman–Crippen LogP) is 2.64. The van der Waals surface area contributed by atoms with Crippen LogP contribution in [0.5, 0.6) is 0 Å². The molecule has 0 aliphatic heterocycles. The molecule has 2 atom stereocenters. The third kappa shape index (κ3) is 9.96. The largest absolute Gasteiger partial charge is 0.459 e. The zero-order valence-electron chi connectivity index (χ0n) is 16.9. The molecule has 0 aliphatic rings. The highest BCUT2D eigenvalue weighted by atomic mass is 16.6. The number of carbonyl (C=O) groups excluding carboxylic acids is 2. The molecule has 152 valence electrons. The van der Waals surface area contributed by atoms with Crippen LogP contribution in [0.3, 0.4) is 0 Å². The minimum absolute atomic E-state index is 0.236. The molecule has 0 bridgehead atoms. The molecule has 2 unspecified atom stereocenters. The van der Waals surface area contributed by atoms with Crippen LogP contribution in [-0.4, -0.2) is 50.0 Å². The summed E-state index contributed by atoms with van der Waals surface area (Å²) in [5.74, 6) is -0.347. The Bertz CT molecular complexity index is 571. The highest BCUT2D eigenvalue weighted by Crippen LogP contribution is 2.11. The maximum Gasteiger partial charge on any atom is 0.407 e. The Balaban J connectivity index is 2.20. The minimum Gasteiger partial charge on any atom is -0.459 e. The Morgan fingerprint density at radius 3 is 2.41 bits per heavy atom. The normalized spacial score (nSPS) is 13.5. The monoisotopic (exact) mass is 380 g/mol. The highest BCUT2D eigenvalue weighted by Gasteiger charge is 2.29. The van der Waals surface area contributed by atoms with Crippen LogP contribution in [0, 0.1) is 0 Å². The Hall–Kier alpha value is -2.12. The van der Waals surface area contributed by atoms with E-state index in [4.69, 9.17) is 14.2 Å². The zero-order valence-corrected chi connectivity index (χ0v) is 16.9. The Kier molecular flexibility index (Phi) is 9.82. The maximum atomic E-state index is 12.2. The summed E-state index contributed by atoms with van der Waals surface area (Å²) >= 11 is 0. The van der Waals surface area contributed by atoms with Crippen LogP contribution in [0.2, 0.25) is 0 Å². The number of nitrogens with one attached hydrogen (secondary N) is 2. The molecule has 1 aromatic carbocycles. The van der Waals surface area contributed by atoms with E-state index < -0.39 is 17.7 Å². The van der Waals surface area contributed by atoms with Crippen molar-refractivity contribution in [1.29, 1.82) is 0 Å². The average molecular weight is 380 g/mol. The Morgan fingerprint density at radius 2 is 1.81 bits per heavy atom. The lowest BCUT2D eigenvalue weighted by atomic mass is 10.1. The van der Waals surface area contributed by atoms with Gasteiger partial charge in [-0.05, 0) is 46.7 Å². The third-order valence-corrected chi connectivity index (χ3v) is 3.63. The fourth-order valence-corrected chi connectivity index (χ4v) is 2.31.